The monoisotopic (exact) mass is 336 g/mol. The van der Waals surface area contributed by atoms with Gasteiger partial charge in [0, 0.05) is 5.56 Å². The molecule has 1 aromatic heterocycles. The Morgan fingerprint density at radius 1 is 1.26 bits per heavy atom. The molecular formula is C14H16N4O4S. The largest absolute Gasteiger partial charge is 0.502 e. The molecule has 1 aromatic carbocycles. The second-order valence-electron chi connectivity index (χ2n) is 4.41. The molecule has 0 saturated heterocycles. The molecule has 1 N–H and O–H groups in total. The van der Waals surface area contributed by atoms with Gasteiger partial charge in [0.05, 0.1) is 20.4 Å². The Bertz CT molecular complexity index is 779. The predicted octanol–water partition coefficient (Wildman–Crippen LogP) is 1.27. The molecule has 2 aromatic rings. The van der Waals surface area contributed by atoms with Gasteiger partial charge in [-0.15, -0.1) is 10.2 Å². The fraction of sp³-hybridized carbons (Fsp3) is 0.286. The van der Waals surface area contributed by atoms with Crippen LogP contribution in [0.1, 0.15) is 11.3 Å². The normalized spacial score (nSPS) is 11.0. The maximum atomic E-state index is 12.1. The highest BCUT2D eigenvalue weighted by atomic mass is 32.2. The van der Waals surface area contributed by atoms with Crippen molar-refractivity contribution in [3.8, 4) is 17.2 Å². The quantitative estimate of drug-likeness (QED) is 0.648. The number of nitrogens with zero attached hydrogens (tertiary/aromatic N) is 4. The minimum Gasteiger partial charge on any atom is -0.502 e. The van der Waals surface area contributed by atoms with E-state index in [-0.39, 0.29) is 28.5 Å². The number of hydrogen-bond donors (Lipinski definition) is 1. The number of thioether (sulfide) groups is 1. The number of methoxy groups -OCH3 is 2. The van der Waals surface area contributed by atoms with E-state index in [1.54, 1.807) is 25.3 Å². The van der Waals surface area contributed by atoms with Gasteiger partial charge in [0.25, 0.3) is 5.56 Å². The van der Waals surface area contributed by atoms with Crippen LogP contribution in [0.15, 0.2) is 27.2 Å². The minimum absolute atomic E-state index is 0.101. The molecular weight excluding hydrogens is 320 g/mol. The zero-order valence-electron chi connectivity index (χ0n) is 13.1. The molecule has 0 saturated carbocycles. The molecule has 9 heteroatoms. The van der Waals surface area contributed by atoms with E-state index in [0.29, 0.717) is 10.7 Å². The number of rotatable bonds is 5. The number of aromatic hydroxyl groups is 1. The van der Waals surface area contributed by atoms with Crippen molar-refractivity contribution in [3.05, 3.63) is 33.7 Å². The highest BCUT2D eigenvalue weighted by molar-refractivity contribution is 7.98. The van der Waals surface area contributed by atoms with Gasteiger partial charge in [-0.1, -0.05) is 11.8 Å². The van der Waals surface area contributed by atoms with E-state index >= 15 is 0 Å². The van der Waals surface area contributed by atoms with Gasteiger partial charge in [-0.25, -0.2) is 0 Å². The predicted molar refractivity (Wildman–Crippen MR) is 87.0 cm³/mol. The van der Waals surface area contributed by atoms with Crippen molar-refractivity contribution in [2.75, 3.05) is 20.5 Å². The Morgan fingerprint density at radius 3 is 2.39 bits per heavy atom. The van der Waals surface area contributed by atoms with Crippen LogP contribution in [-0.4, -0.2) is 46.7 Å². The van der Waals surface area contributed by atoms with E-state index in [4.69, 9.17) is 9.47 Å². The number of aromatic nitrogens is 3. The first-order chi connectivity index (χ1) is 11.0. The fourth-order valence-corrected chi connectivity index (χ4v) is 2.21. The van der Waals surface area contributed by atoms with Crippen molar-refractivity contribution < 1.29 is 14.6 Å². The van der Waals surface area contributed by atoms with Crippen molar-refractivity contribution in [1.82, 2.24) is 14.9 Å². The number of benzene rings is 1. The molecule has 0 bridgehead atoms. The Hall–Kier alpha value is -2.55. The van der Waals surface area contributed by atoms with Gasteiger partial charge in [0.15, 0.2) is 11.5 Å². The van der Waals surface area contributed by atoms with E-state index < -0.39 is 0 Å². The van der Waals surface area contributed by atoms with Crippen LogP contribution in [0.25, 0.3) is 0 Å². The summed E-state index contributed by atoms with van der Waals surface area (Å²) in [7, 11) is 2.86. The molecule has 23 heavy (non-hydrogen) atoms. The number of phenolic OH excluding ortho intramolecular Hbond substituents is 1. The van der Waals surface area contributed by atoms with Gasteiger partial charge in [0.2, 0.25) is 10.9 Å². The first kappa shape index (κ1) is 16.8. The third-order valence-electron chi connectivity index (χ3n) is 2.98. The Labute approximate surface area is 136 Å². The van der Waals surface area contributed by atoms with Crippen molar-refractivity contribution in [1.29, 1.82) is 0 Å². The van der Waals surface area contributed by atoms with Gasteiger partial charge < -0.3 is 14.6 Å². The van der Waals surface area contributed by atoms with Gasteiger partial charge >= 0.3 is 0 Å². The summed E-state index contributed by atoms with van der Waals surface area (Å²) in [5, 5.41) is 22.1. The molecule has 8 nitrogen and oxygen atoms in total. The van der Waals surface area contributed by atoms with Crippen LogP contribution in [0.5, 0.6) is 17.2 Å². The van der Waals surface area contributed by atoms with Crippen LogP contribution in [0.4, 0.5) is 0 Å². The SMILES string of the molecule is COc1cc(/C=N\n2c(SC)nnc(C)c2=O)cc(OC)c1O. The van der Waals surface area contributed by atoms with Crippen LogP contribution < -0.4 is 15.0 Å². The lowest BCUT2D eigenvalue weighted by atomic mass is 10.2. The first-order valence-corrected chi connectivity index (χ1v) is 7.74. The van der Waals surface area contributed by atoms with E-state index in [2.05, 4.69) is 15.3 Å². The summed E-state index contributed by atoms with van der Waals surface area (Å²) >= 11 is 1.26. The zero-order chi connectivity index (χ0) is 17.0. The molecule has 0 fully saturated rings. The lowest BCUT2D eigenvalue weighted by molar-refractivity contribution is 0.340. The second-order valence-corrected chi connectivity index (χ2v) is 5.18. The number of hydrogen-bond acceptors (Lipinski definition) is 8. The molecule has 0 amide bonds. The van der Waals surface area contributed by atoms with Gasteiger partial charge in [-0.05, 0) is 25.3 Å². The topological polar surface area (TPSA) is 98.8 Å². The lowest BCUT2D eigenvalue weighted by Crippen LogP contribution is -2.23. The van der Waals surface area contributed by atoms with Crippen molar-refractivity contribution in [3.63, 3.8) is 0 Å². The van der Waals surface area contributed by atoms with E-state index in [1.165, 1.54) is 36.9 Å². The van der Waals surface area contributed by atoms with Crippen molar-refractivity contribution in [2.24, 2.45) is 5.10 Å². The summed E-state index contributed by atoms with van der Waals surface area (Å²) in [6, 6.07) is 3.15. The van der Waals surface area contributed by atoms with Gasteiger partial charge in [-0.2, -0.15) is 9.78 Å². The first-order valence-electron chi connectivity index (χ1n) is 6.51. The van der Waals surface area contributed by atoms with Crippen LogP contribution >= 0.6 is 11.8 Å². The molecule has 1 heterocycles. The Morgan fingerprint density at radius 2 is 1.87 bits per heavy atom. The second kappa shape index (κ2) is 7.14. The van der Waals surface area contributed by atoms with E-state index in [9.17, 15) is 9.90 Å². The maximum Gasteiger partial charge on any atom is 0.296 e. The lowest BCUT2D eigenvalue weighted by Gasteiger charge is -2.09. The minimum atomic E-state index is -0.349. The van der Waals surface area contributed by atoms with Crippen LogP contribution in [0.2, 0.25) is 0 Å². The number of phenols is 1. The molecule has 0 atom stereocenters. The van der Waals surface area contributed by atoms with Crippen LogP contribution in [0, 0.1) is 6.92 Å². The summed E-state index contributed by atoms with van der Waals surface area (Å²) in [5.41, 5.74) is 0.490. The molecule has 2 rings (SSSR count). The van der Waals surface area contributed by atoms with Gasteiger partial charge in [0.1, 0.15) is 5.69 Å². The molecule has 0 radical (unpaired) electrons. The van der Waals surface area contributed by atoms with Gasteiger partial charge in [-0.3, -0.25) is 4.79 Å². The highest BCUT2D eigenvalue weighted by Gasteiger charge is 2.11. The highest BCUT2D eigenvalue weighted by Crippen LogP contribution is 2.36. The summed E-state index contributed by atoms with van der Waals surface area (Å²) < 4.78 is 11.3. The molecule has 122 valence electrons. The molecule has 0 aliphatic rings. The summed E-state index contributed by atoms with van der Waals surface area (Å²) in [4.78, 5) is 12.1. The number of ether oxygens (including phenoxy) is 2. The third-order valence-corrected chi connectivity index (χ3v) is 3.60. The third kappa shape index (κ3) is 3.45. The zero-order valence-corrected chi connectivity index (χ0v) is 13.9. The summed E-state index contributed by atoms with van der Waals surface area (Å²) in [5.74, 6) is 0.384. The molecule has 0 aliphatic carbocycles. The van der Waals surface area contributed by atoms with Crippen molar-refractivity contribution >= 4 is 18.0 Å². The van der Waals surface area contributed by atoms with E-state index in [1.807, 2.05) is 0 Å². The van der Waals surface area contributed by atoms with Crippen LogP contribution in [-0.2, 0) is 0 Å². The van der Waals surface area contributed by atoms with Crippen LogP contribution in [0.3, 0.4) is 0 Å². The summed E-state index contributed by atoms with van der Waals surface area (Å²) in [6.07, 6.45) is 3.23. The molecule has 0 spiro atoms. The Kier molecular flexibility index (Phi) is 5.22. The maximum absolute atomic E-state index is 12.1. The van der Waals surface area contributed by atoms with E-state index in [0.717, 1.165) is 0 Å². The Balaban J connectivity index is 2.49. The fourth-order valence-electron chi connectivity index (χ4n) is 1.78. The smallest absolute Gasteiger partial charge is 0.296 e. The number of aryl methyl sites for hydroxylation is 1. The molecule has 0 unspecified atom stereocenters. The average Bonchev–Trinajstić information content (AvgIpc) is 2.57. The standard InChI is InChI=1S/C14H16N4O4S/c1-8-13(20)18(14(23-4)17-16-8)15-7-9-5-10(21-2)12(19)11(6-9)22-3/h5-7,19H,1-4H3/b15-7-. The summed E-state index contributed by atoms with van der Waals surface area (Å²) in [6.45, 7) is 1.57. The average molecular weight is 336 g/mol. The molecule has 0 aliphatic heterocycles. The van der Waals surface area contributed by atoms with Crippen molar-refractivity contribution in [2.45, 2.75) is 12.1 Å².